The molecular formula is C63H71N3O9. The standard InChI is InChI=1S/C63H71N3O9/c1-5-73-26-24-40-11-8-14-43(28-40)49-22-19-44-31-42(13-7-6-10-39-12-9-15-46(29-39)66-63(64)65-3)45(33-56(44)68)32-48-34-47(67)20-17-41-18-23-58(72-4)59(30-41)75-37-55-50-21-16-38(2)52-36-57(69)61(51(49)25-27-74-48)54(60(50)52)35-53(55)62(70)71/h8-9,11-12,14-16,18,21,23,28-31,33,35-36,38,42,45,48-49,51,62,68-71H,5-7,10,13,17,19-20,22,24,26,32,34,37H2,1-4H3,(H3,64,65,66)/t38-,42+,45-,48-,49-,51+/m0/s1. The number of methoxy groups -OCH3 is 1. The van der Waals surface area contributed by atoms with Crippen LogP contribution in [0.5, 0.6) is 17.2 Å². The molecule has 75 heavy (non-hydrogen) atoms. The first-order chi connectivity index (χ1) is 36.4. The van der Waals surface area contributed by atoms with Crippen molar-refractivity contribution in [1.29, 1.82) is 0 Å². The number of allylic oxidation sites excluding steroid dienone is 4. The number of carbonyl (C=O) groups is 1. The maximum atomic E-state index is 14.2. The maximum Gasteiger partial charge on any atom is 0.192 e. The molecule has 5 aromatic carbocycles. The molecule has 0 aromatic heterocycles. The Morgan fingerprint density at radius 1 is 0.973 bits per heavy atom. The van der Waals surface area contributed by atoms with E-state index in [1.807, 2.05) is 61.5 Å². The second-order valence-electron chi connectivity index (χ2n) is 20.5. The van der Waals surface area contributed by atoms with Crippen molar-refractivity contribution in [3.05, 3.63) is 158 Å². The van der Waals surface area contributed by atoms with Crippen LogP contribution >= 0.6 is 0 Å². The highest BCUT2D eigenvalue weighted by Gasteiger charge is 2.35. The summed E-state index contributed by atoms with van der Waals surface area (Å²) >= 11 is 0. The monoisotopic (exact) mass is 1010 g/mol. The van der Waals surface area contributed by atoms with E-state index in [4.69, 9.17) is 24.7 Å². The fourth-order valence-corrected chi connectivity index (χ4v) is 11.7. The number of aryl methyl sites for hydroxylation is 2. The zero-order valence-corrected chi connectivity index (χ0v) is 43.6. The fraction of sp³-hybridized carbons (Fsp3) is 0.397. The maximum absolute atomic E-state index is 14.2. The molecule has 12 heteroatoms. The summed E-state index contributed by atoms with van der Waals surface area (Å²) in [5.41, 5.74) is 14.8. The van der Waals surface area contributed by atoms with Crippen LogP contribution in [0.25, 0.3) is 16.8 Å². The molecular weight excluding hydrogens is 943 g/mol. The lowest BCUT2D eigenvalue weighted by Gasteiger charge is -2.31. The highest BCUT2D eigenvalue weighted by Crippen LogP contribution is 2.50. The van der Waals surface area contributed by atoms with E-state index in [0.717, 1.165) is 70.1 Å². The first kappa shape index (κ1) is 52.8. The van der Waals surface area contributed by atoms with Crippen LogP contribution in [0.3, 0.4) is 0 Å². The van der Waals surface area contributed by atoms with Crippen molar-refractivity contribution in [1.82, 2.24) is 0 Å². The number of aliphatic imine (C=N–C) groups is 1. The van der Waals surface area contributed by atoms with E-state index in [-0.39, 0.29) is 66.0 Å². The molecule has 2 aliphatic carbocycles. The highest BCUT2D eigenvalue weighted by atomic mass is 16.5. The number of unbranched alkanes of at least 4 members (excludes halogenated alkanes) is 1. The molecule has 6 atom stereocenters. The van der Waals surface area contributed by atoms with Crippen molar-refractivity contribution < 1.29 is 44.2 Å². The summed E-state index contributed by atoms with van der Waals surface area (Å²) < 4.78 is 24.8. The summed E-state index contributed by atoms with van der Waals surface area (Å²) in [7, 11) is 3.22. The number of ketones is 1. The van der Waals surface area contributed by atoms with Crippen LogP contribution in [0.15, 0.2) is 113 Å². The van der Waals surface area contributed by atoms with Crippen LogP contribution in [0.4, 0.5) is 5.69 Å². The summed E-state index contributed by atoms with van der Waals surface area (Å²) in [6.07, 6.45) is 15.5. The Morgan fingerprint density at radius 3 is 2.60 bits per heavy atom. The number of aliphatic hydroxyl groups is 3. The number of anilines is 1. The number of Topliss-reactive ketones (excluding diaryl/α,β-unsaturated/α-hetero) is 1. The molecule has 0 spiro atoms. The molecule has 0 unspecified atom stereocenters. The van der Waals surface area contributed by atoms with Crippen LogP contribution in [0.2, 0.25) is 0 Å². The number of benzene rings is 5. The predicted molar refractivity (Wildman–Crippen MR) is 295 cm³/mol. The molecule has 4 heterocycles. The van der Waals surface area contributed by atoms with Gasteiger partial charge in [-0.3, -0.25) is 9.79 Å². The van der Waals surface area contributed by atoms with E-state index >= 15 is 0 Å². The number of nitrogens with zero attached hydrogens (tertiary/aromatic N) is 1. The van der Waals surface area contributed by atoms with E-state index in [0.29, 0.717) is 79.3 Å². The van der Waals surface area contributed by atoms with Crippen molar-refractivity contribution in [2.45, 2.75) is 121 Å². The summed E-state index contributed by atoms with van der Waals surface area (Å²) in [5, 5.41) is 51.9. The molecule has 7 N–H and O–H groups in total. The molecule has 0 saturated carbocycles. The smallest absolute Gasteiger partial charge is 0.192 e. The summed E-state index contributed by atoms with van der Waals surface area (Å²) in [4.78, 5) is 18.3. The lowest BCUT2D eigenvalue weighted by molar-refractivity contribution is -0.121. The number of guanidine groups is 1. The van der Waals surface area contributed by atoms with Crippen molar-refractivity contribution in [3.63, 3.8) is 0 Å². The van der Waals surface area contributed by atoms with Gasteiger partial charge in [-0.15, -0.1) is 0 Å². The van der Waals surface area contributed by atoms with Crippen LogP contribution in [0.1, 0.15) is 139 Å². The van der Waals surface area contributed by atoms with Gasteiger partial charge < -0.3 is 50.4 Å². The van der Waals surface area contributed by atoms with Gasteiger partial charge in [0.05, 0.1) is 19.6 Å². The molecule has 392 valence electrons. The molecule has 0 radical (unpaired) electrons. The van der Waals surface area contributed by atoms with Gasteiger partial charge in [-0.25, -0.2) is 0 Å². The van der Waals surface area contributed by atoms with Gasteiger partial charge in [0.2, 0.25) is 0 Å². The van der Waals surface area contributed by atoms with Gasteiger partial charge in [0, 0.05) is 60.7 Å². The van der Waals surface area contributed by atoms with Crippen LogP contribution in [-0.2, 0) is 40.1 Å². The van der Waals surface area contributed by atoms with Gasteiger partial charge in [0.1, 0.15) is 36.1 Å². The number of hydrogen-bond donors (Lipinski definition) is 6. The fourth-order valence-electron chi connectivity index (χ4n) is 11.7. The van der Waals surface area contributed by atoms with Crippen molar-refractivity contribution in [2.24, 2.45) is 22.6 Å². The van der Waals surface area contributed by atoms with E-state index in [9.17, 15) is 25.2 Å². The zero-order valence-electron chi connectivity index (χ0n) is 43.6. The second-order valence-corrected chi connectivity index (χ2v) is 20.5. The Morgan fingerprint density at radius 2 is 1.80 bits per heavy atom. The number of ether oxygens (including phenoxy) is 4. The summed E-state index contributed by atoms with van der Waals surface area (Å²) in [5.74, 6) is 3.89. The zero-order chi connectivity index (χ0) is 52.6. The van der Waals surface area contributed by atoms with E-state index in [1.54, 1.807) is 20.2 Å². The van der Waals surface area contributed by atoms with Gasteiger partial charge in [0.25, 0.3) is 0 Å². The van der Waals surface area contributed by atoms with E-state index in [2.05, 4.69) is 71.7 Å². The third kappa shape index (κ3) is 12.2. The van der Waals surface area contributed by atoms with Gasteiger partial charge in [0.15, 0.2) is 23.7 Å². The SMILES string of the molecule is CCOCCc1cccc([C@@H]2CCC3=C[C@@H](CCCCc4cccc(NC(N)=NC)c4)[C@H](C=C3O)C[C@H]3CC(=O)CCc4ccc(OC)c(c4)OCc4c(C(O)O)cc5c(c(O)cc6c5c4C=C[C@@H]6C)[C@@H]2C#CO3)c1. The number of phenolic OH excluding ortho intramolecular Hbond substituents is 1. The topological polar surface area (TPSA) is 185 Å². The minimum Gasteiger partial charge on any atom is -0.508 e. The molecule has 12 nitrogen and oxygen atoms in total. The summed E-state index contributed by atoms with van der Waals surface area (Å²) in [6.45, 7) is 5.20. The van der Waals surface area contributed by atoms with Crippen LogP contribution in [-0.4, -0.2) is 65.6 Å². The average Bonchev–Trinajstić information content (AvgIpc) is 3.43. The van der Waals surface area contributed by atoms with Crippen LogP contribution < -0.4 is 20.5 Å². The molecule has 6 aliphatic rings. The Kier molecular flexibility index (Phi) is 17.0. The number of aromatic hydroxyl groups is 1. The lowest BCUT2D eigenvalue weighted by atomic mass is 9.73. The highest BCUT2D eigenvalue weighted by molar-refractivity contribution is 6.01. The number of nitrogens with one attached hydrogen (secondary N) is 1. The number of hydrogen-bond acceptors (Lipinski definition) is 10. The first-order valence-electron chi connectivity index (χ1n) is 26.6. The molecule has 11 rings (SSSR count). The predicted octanol–water partition coefficient (Wildman–Crippen LogP) is 11.5. The third-order valence-electron chi connectivity index (χ3n) is 15.6. The number of rotatable bonds is 13. The Balaban J connectivity index is 1.18. The Labute approximate surface area is 441 Å². The molecule has 4 aliphatic heterocycles. The number of aliphatic hydroxyl groups excluding tert-OH is 2. The minimum atomic E-state index is -1.89. The first-order valence-corrected chi connectivity index (χ1v) is 26.6. The van der Waals surface area contributed by atoms with Gasteiger partial charge in [-0.1, -0.05) is 80.0 Å². The van der Waals surface area contributed by atoms with Gasteiger partial charge >= 0.3 is 0 Å². The number of fused-ring (bicyclic) bond motifs is 8. The largest absolute Gasteiger partial charge is 0.508 e. The van der Waals surface area contributed by atoms with Crippen molar-refractivity contribution >= 4 is 34.3 Å². The number of carbonyl (C=O) groups excluding carboxylic acids is 1. The molecule has 0 amide bonds. The minimum absolute atomic E-state index is 0.0131. The van der Waals surface area contributed by atoms with Gasteiger partial charge in [-0.2, -0.15) is 0 Å². The molecule has 10 bridgehead atoms. The number of nitrogens with two attached hydrogens (primary N) is 1. The van der Waals surface area contributed by atoms with E-state index in [1.165, 1.54) is 5.56 Å². The quantitative estimate of drug-likeness (QED) is 0.0217. The third-order valence-corrected chi connectivity index (χ3v) is 15.6. The Hall–Kier alpha value is -7.04. The van der Waals surface area contributed by atoms with Crippen LogP contribution in [0, 0.1) is 23.9 Å². The van der Waals surface area contributed by atoms with Gasteiger partial charge in [-0.05, 0) is 162 Å². The van der Waals surface area contributed by atoms with E-state index < -0.39 is 18.3 Å². The molecule has 0 fully saturated rings. The average molecular weight is 1010 g/mol. The van der Waals surface area contributed by atoms with Crippen molar-refractivity contribution in [3.8, 4) is 29.3 Å². The Bertz CT molecular complexity index is 3090. The lowest BCUT2D eigenvalue weighted by Crippen LogP contribution is -2.25. The van der Waals surface area contributed by atoms with Crippen molar-refractivity contribution in [2.75, 3.05) is 32.7 Å². The number of phenols is 1. The molecule has 0 saturated heterocycles. The normalized spacial score (nSPS) is 21.7. The summed E-state index contributed by atoms with van der Waals surface area (Å²) in [6, 6.07) is 25.9. The molecule has 5 aromatic rings. The second kappa shape index (κ2) is 24.1.